The van der Waals surface area contributed by atoms with Crippen molar-refractivity contribution in [1.82, 2.24) is 4.90 Å². The number of amides is 1. The van der Waals surface area contributed by atoms with E-state index in [1.807, 2.05) is 49.9 Å². The fourth-order valence-corrected chi connectivity index (χ4v) is 4.37. The van der Waals surface area contributed by atoms with E-state index < -0.39 is 11.2 Å². The molecule has 1 N–H and O–H groups in total. The molecule has 2 heterocycles. The molecule has 2 atom stereocenters. The maximum absolute atomic E-state index is 12.7. The predicted octanol–water partition coefficient (Wildman–Crippen LogP) is 4.62. The lowest BCUT2D eigenvalue weighted by atomic mass is 9.72. The SMILES string of the molecule is CCCOc1cccc(C2(O)CC3CCCC(C2)N3C(=O)OC(C)(C)C)c1. The van der Waals surface area contributed by atoms with Gasteiger partial charge in [-0.1, -0.05) is 19.1 Å². The first kappa shape index (κ1) is 20.0. The Morgan fingerprint density at radius 3 is 2.52 bits per heavy atom. The highest BCUT2D eigenvalue weighted by Gasteiger charge is 2.49. The molecule has 2 fully saturated rings. The van der Waals surface area contributed by atoms with Crippen LogP contribution >= 0.6 is 0 Å². The Balaban J connectivity index is 1.80. The van der Waals surface area contributed by atoms with Crippen molar-refractivity contribution in [2.75, 3.05) is 6.61 Å². The largest absolute Gasteiger partial charge is 0.494 e. The smallest absolute Gasteiger partial charge is 0.410 e. The minimum Gasteiger partial charge on any atom is -0.494 e. The number of aliphatic hydroxyl groups is 1. The van der Waals surface area contributed by atoms with E-state index in [1.165, 1.54) is 0 Å². The molecule has 1 amide bonds. The van der Waals surface area contributed by atoms with Crippen LogP contribution in [-0.2, 0) is 10.3 Å². The van der Waals surface area contributed by atoms with E-state index in [9.17, 15) is 9.90 Å². The number of carbonyl (C=O) groups is 1. The maximum atomic E-state index is 12.7. The molecule has 2 saturated heterocycles. The maximum Gasteiger partial charge on any atom is 0.410 e. The Kier molecular flexibility index (Phi) is 5.71. The quantitative estimate of drug-likeness (QED) is 0.834. The van der Waals surface area contributed by atoms with Crippen LogP contribution in [0.25, 0.3) is 0 Å². The van der Waals surface area contributed by atoms with Gasteiger partial charge in [-0.15, -0.1) is 0 Å². The lowest BCUT2D eigenvalue weighted by Crippen LogP contribution is -2.59. The highest BCUT2D eigenvalue weighted by atomic mass is 16.6. The molecule has 0 aliphatic carbocycles. The summed E-state index contributed by atoms with van der Waals surface area (Å²) in [5.41, 5.74) is -0.555. The summed E-state index contributed by atoms with van der Waals surface area (Å²) in [4.78, 5) is 14.6. The number of hydrogen-bond donors (Lipinski definition) is 1. The molecule has 2 aliphatic heterocycles. The number of rotatable bonds is 4. The molecule has 5 nitrogen and oxygen atoms in total. The van der Waals surface area contributed by atoms with Crippen molar-refractivity contribution in [2.45, 2.75) is 89.5 Å². The molecule has 3 rings (SSSR count). The number of carbonyl (C=O) groups excluding carboxylic acids is 1. The highest BCUT2D eigenvalue weighted by molar-refractivity contribution is 5.69. The molecule has 1 aromatic carbocycles. The van der Waals surface area contributed by atoms with Crippen LogP contribution in [0.1, 0.15) is 71.8 Å². The number of benzene rings is 1. The summed E-state index contributed by atoms with van der Waals surface area (Å²) in [5.74, 6) is 0.794. The Morgan fingerprint density at radius 2 is 1.93 bits per heavy atom. The number of hydrogen-bond acceptors (Lipinski definition) is 4. The molecular formula is C22H33NO4. The lowest BCUT2D eigenvalue weighted by molar-refractivity contribution is -0.0966. The second kappa shape index (κ2) is 7.70. The lowest BCUT2D eigenvalue weighted by Gasteiger charge is -2.51. The van der Waals surface area contributed by atoms with Gasteiger partial charge in [0.15, 0.2) is 0 Å². The van der Waals surface area contributed by atoms with Crippen LogP contribution in [0, 0.1) is 0 Å². The zero-order valence-corrected chi connectivity index (χ0v) is 17.0. The highest BCUT2D eigenvalue weighted by Crippen LogP contribution is 2.45. The van der Waals surface area contributed by atoms with Gasteiger partial charge < -0.3 is 19.5 Å². The zero-order chi connectivity index (χ0) is 19.7. The topological polar surface area (TPSA) is 59.0 Å². The second-order valence-electron chi connectivity index (χ2n) is 8.94. The van der Waals surface area contributed by atoms with Crippen LogP contribution in [0.3, 0.4) is 0 Å². The van der Waals surface area contributed by atoms with Gasteiger partial charge in [-0.2, -0.15) is 0 Å². The number of fused-ring (bicyclic) bond motifs is 2. The zero-order valence-electron chi connectivity index (χ0n) is 17.0. The molecule has 27 heavy (non-hydrogen) atoms. The van der Waals surface area contributed by atoms with Crippen molar-refractivity contribution >= 4 is 6.09 Å². The molecule has 150 valence electrons. The molecule has 5 heteroatoms. The fourth-order valence-electron chi connectivity index (χ4n) is 4.37. The van der Waals surface area contributed by atoms with Crippen LogP contribution < -0.4 is 4.74 Å². The molecule has 2 aliphatic rings. The molecule has 0 saturated carbocycles. The third-order valence-electron chi connectivity index (χ3n) is 5.46. The Labute approximate surface area is 162 Å². The summed E-state index contributed by atoms with van der Waals surface area (Å²) in [6.07, 6.45) is 4.68. The van der Waals surface area contributed by atoms with Gasteiger partial charge in [0.2, 0.25) is 0 Å². The Bertz CT molecular complexity index is 653. The van der Waals surface area contributed by atoms with Gasteiger partial charge in [-0.3, -0.25) is 0 Å². The minimum atomic E-state index is -0.931. The first-order valence-corrected chi connectivity index (χ1v) is 10.2. The van der Waals surface area contributed by atoms with Crippen molar-refractivity contribution < 1.29 is 19.4 Å². The van der Waals surface area contributed by atoms with E-state index in [0.29, 0.717) is 19.4 Å². The van der Waals surface area contributed by atoms with E-state index >= 15 is 0 Å². The molecule has 0 radical (unpaired) electrons. The van der Waals surface area contributed by atoms with E-state index in [4.69, 9.17) is 9.47 Å². The van der Waals surface area contributed by atoms with Gasteiger partial charge in [0.1, 0.15) is 11.4 Å². The van der Waals surface area contributed by atoms with Crippen molar-refractivity contribution in [3.05, 3.63) is 29.8 Å². The Hall–Kier alpha value is -1.75. The third kappa shape index (κ3) is 4.57. The summed E-state index contributed by atoms with van der Waals surface area (Å²) in [7, 11) is 0. The molecule has 2 bridgehead atoms. The van der Waals surface area contributed by atoms with Crippen LogP contribution in [0.2, 0.25) is 0 Å². The molecule has 1 aromatic rings. The summed E-state index contributed by atoms with van der Waals surface area (Å²) in [5, 5.41) is 11.5. The van der Waals surface area contributed by atoms with Crippen LogP contribution in [0.4, 0.5) is 4.79 Å². The normalized spacial score (nSPS) is 28.0. The fraction of sp³-hybridized carbons (Fsp3) is 0.682. The summed E-state index contributed by atoms with van der Waals surface area (Å²) >= 11 is 0. The first-order chi connectivity index (χ1) is 12.7. The van der Waals surface area contributed by atoms with E-state index in [1.54, 1.807) is 0 Å². The number of piperidine rings is 2. The molecular weight excluding hydrogens is 342 g/mol. The summed E-state index contributed by atoms with van der Waals surface area (Å²) in [6, 6.07) is 7.81. The monoisotopic (exact) mass is 375 g/mol. The van der Waals surface area contributed by atoms with Crippen LogP contribution in [0.5, 0.6) is 5.75 Å². The van der Waals surface area contributed by atoms with E-state index in [-0.39, 0.29) is 18.2 Å². The van der Waals surface area contributed by atoms with Crippen LogP contribution in [0.15, 0.2) is 24.3 Å². The van der Waals surface area contributed by atoms with Gasteiger partial charge in [-0.05, 0) is 64.2 Å². The van der Waals surface area contributed by atoms with Gasteiger partial charge in [0.05, 0.1) is 12.2 Å². The second-order valence-corrected chi connectivity index (χ2v) is 8.94. The summed E-state index contributed by atoms with van der Waals surface area (Å²) < 4.78 is 11.4. The van der Waals surface area contributed by atoms with Gasteiger partial charge in [0.25, 0.3) is 0 Å². The standard InChI is InChI=1S/C22H33NO4/c1-5-12-26-19-11-6-8-16(13-19)22(25)14-17-9-7-10-18(15-22)23(17)20(24)27-21(2,3)4/h6,8,11,13,17-18,25H,5,7,9-10,12,14-15H2,1-4H3. The van der Waals surface area contributed by atoms with E-state index in [0.717, 1.165) is 37.0 Å². The average molecular weight is 376 g/mol. The molecule has 0 aromatic heterocycles. The van der Waals surface area contributed by atoms with E-state index in [2.05, 4.69) is 6.92 Å². The summed E-state index contributed by atoms with van der Waals surface area (Å²) in [6.45, 7) is 8.42. The van der Waals surface area contributed by atoms with Gasteiger partial charge >= 0.3 is 6.09 Å². The van der Waals surface area contributed by atoms with Crippen molar-refractivity contribution in [3.8, 4) is 5.75 Å². The van der Waals surface area contributed by atoms with Crippen molar-refractivity contribution in [2.24, 2.45) is 0 Å². The predicted molar refractivity (Wildman–Crippen MR) is 105 cm³/mol. The Morgan fingerprint density at radius 1 is 1.26 bits per heavy atom. The van der Waals surface area contributed by atoms with Crippen LogP contribution in [-0.4, -0.2) is 40.4 Å². The van der Waals surface area contributed by atoms with Crippen molar-refractivity contribution in [1.29, 1.82) is 0 Å². The van der Waals surface area contributed by atoms with Crippen molar-refractivity contribution in [3.63, 3.8) is 0 Å². The van der Waals surface area contributed by atoms with Gasteiger partial charge in [0, 0.05) is 24.9 Å². The van der Waals surface area contributed by atoms with Gasteiger partial charge in [-0.25, -0.2) is 4.79 Å². The minimum absolute atomic E-state index is 0.0116. The average Bonchev–Trinajstić information content (AvgIpc) is 2.58. The number of ether oxygens (including phenoxy) is 2. The number of nitrogens with zero attached hydrogens (tertiary/aromatic N) is 1. The third-order valence-corrected chi connectivity index (χ3v) is 5.46. The molecule has 2 unspecified atom stereocenters. The first-order valence-electron chi connectivity index (χ1n) is 10.2. The molecule has 0 spiro atoms.